The molecule has 3 aromatic rings. The number of carbonyl (C=O) groups is 2. The van der Waals surface area contributed by atoms with Crippen LogP contribution in [0.15, 0.2) is 76.2 Å². The van der Waals surface area contributed by atoms with Crippen LogP contribution < -0.4 is 0 Å². The van der Waals surface area contributed by atoms with Gasteiger partial charge in [0.1, 0.15) is 0 Å². The average Bonchev–Trinajstić information content (AvgIpc) is 3.30. The highest BCUT2D eigenvalue weighted by molar-refractivity contribution is 9.10. The number of non-ortho nitro benzene ring substituents is 1. The first-order valence-corrected chi connectivity index (χ1v) is 10.5. The third kappa shape index (κ3) is 4.07. The normalized spacial score (nSPS) is 15.2. The Morgan fingerprint density at radius 3 is 2.57 bits per heavy atom. The summed E-state index contributed by atoms with van der Waals surface area (Å²) in [5, 5.41) is 10.7. The van der Waals surface area contributed by atoms with Crippen molar-refractivity contribution in [3.05, 3.63) is 97.6 Å². The van der Waals surface area contributed by atoms with Gasteiger partial charge < -0.3 is 4.57 Å². The highest BCUT2D eigenvalue weighted by Crippen LogP contribution is 2.34. The summed E-state index contributed by atoms with van der Waals surface area (Å²) in [7, 11) is 0. The largest absolute Gasteiger partial charge is 0.317 e. The quantitative estimate of drug-likeness (QED) is 0.276. The molecule has 0 unspecified atom stereocenters. The predicted molar refractivity (Wildman–Crippen MR) is 118 cm³/mol. The summed E-state index contributed by atoms with van der Waals surface area (Å²) in [5.74, 6) is -0.361. The summed E-state index contributed by atoms with van der Waals surface area (Å²) >= 11 is 4.24. The van der Waals surface area contributed by atoms with Crippen LogP contribution in [0.2, 0.25) is 0 Å². The Hall–Kier alpha value is -3.17. The van der Waals surface area contributed by atoms with E-state index in [-0.39, 0.29) is 23.4 Å². The van der Waals surface area contributed by atoms with E-state index in [1.165, 1.54) is 17.0 Å². The lowest BCUT2D eigenvalue weighted by Crippen LogP contribution is -2.27. The molecule has 2 heterocycles. The number of amides is 2. The van der Waals surface area contributed by atoms with Gasteiger partial charge in [0.2, 0.25) is 0 Å². The fourth-order valence-electron chi connectivity index (χ4n) is 3.05. The number of thioether (sulfide) groups is 1. The number of aromatic nitrogens is 1. The Morgan fingerprint density at radius 1 is 1.07 bits per heavy atom. The molecule has 1 saturated heterocycles. The van der Waals surface area contributed by atoms with Crippen LogP contribution in [0.1, 0.15) is 11.3 Å². The summed E-state index contributed by atoms with van der Waals surface area (Å²) in [6.07, 6.45) is 3.38. The van der Waals surface area contributed by atoms with Crippen molar-refractivity contribution in [3.63, 3.8) is 0 Å². The van der Waals surface area contributed by atoms with Crippen molar-refractivity contribution in [1.82, 2.24) is 9.47 Å². The van der Waals surface area contributed by atoms with Gasteiger partial charge in [0, 0.05) is 28.5 Å². The average molecular weight is 484 g/mol. The number of carbonyl (C=O) groups excluding carboxylic acids is 2. The molecule has 2 aromatic carbocycles. The Bertz CT molecular complexity index is 1190. The van der Waals surface area contributed by atoms with Gasteiger partial charge in [-0.2, -0.15) is 0 Å². The summed E-state index contributed by atoms with van der Waals surface area (Å²) in [4.78, 5) is 37.3. The van der Waals surface area contributed by atoms with Crippen LogP contribution in [0.5, 0.6) is 0 Å². The van der Waals surface area contributed by atoms with E-state index in [9.17, 15) is 19.7 Å². The van der Waals surface area contributed by atoms with Crippen molar-refractivity contribution in [2.75, 3.05) is 0 Å². The fourth-order valence-corrected chi connectivity index (χ4v) is 4.13. The smallest absolute Gasteiger partial charge is 0.293 e. The first-order valence-electron chi connectivity index (χ1n) is 8.84. The maximum absolute atomic E-state index is 12.8. The topological polar surface area (TPSA) is 85.5 Å². The molecule has 0 bridgehead atoms. The van der Waals surface area contributed by atoms with Gasteiger partial charge in [-0.15, -0.1) is 0 Å². The van der Waals surface area contributed by atoms with Crippen LogP contribution in [0.3, 0.4) is 0 Å². The fraction of sp³-hybridized carbons (Fsp3) is 0.0476. The molecule has 0 spiro atoms. The number of nitrogens with zero attached hydrogens (tertiary/aromatic N) is 3. The van der Waals surface area contributed by atoms with Crippen molar-refractivity contribution in [3.8, 4) is 5.69 Å². The molecule has 2 amide bonds. The summed E-state index contributed by atoms with van der Waals surface area (Å²) in [5.41, 5.74) is 2.06. The van der Waals surface area contributed by atoms with Crippen molar-refractivity contribution < 1.29 is 14.5 Å². The zero-order valence-electron chi connectivity index (χ0n) is 15.4. The zero-order valence-corrected chi connectivity index (χ0v) is 17.8. The van der Waals surface area contributed by atoms with Crippen molar-refractivity contribution in [2.24, 2.45) is 0 Å². The van der Waals surface area contributed by atoms with Crippen LogP contribution in [-0.2, 0) is 11.3 Å². The summed E-state index contributed by atoms with van der Waals surface area (Å²) in [6, 6.07) is 17.2. The number of hydrogen-bond donors (Lipinski definition) is 0. The van der Waals surface area contributed by atoms with E-state index in [1.807, 2.05) is 24.3 Å². The van der Waals surface area contributed by atoms with Crippen LogP contribution in [0.25, 0.3) is 11.8 Å². The van der Waals surface area contributed by atoms with Gasteiger partial charge in [-0.3, -0.25) is 24.6 Å². The first kappa shape index (κ1) is 20.1. The molecule has 1 aliphatic rings. The second-order valence-corrected chi connectivity index (χ2v) is 8.38. The van der Waals surface area contributed by atoms with E-state index in [0.29, 0.717) is 16.3 Å². The molecule has 1 fully saturated rings. The van der Waals surface area contributed by atoms with Gasteiger partial charge in [0.25, 0.3) is 16.8 Å². The molecule has 30 heavy (non-hydrogen) atoms. The minimum atomic E-state index is -0.458. The molecular formula is C21H14BrN3O4S. The second kappa shape index (κ2) is 8.29. The number of halogens is 1. The van der Waals surface area contributed by atoms with Gasteiger partial charge in [0.15, 0.2) is 0 Å². The molecule has 1 aliphatic heterocycles. The highest BCUT2D eigenvalue weighted by atomic mass is 79.9. The van der Waals surface area contributed by atoms with Crippen LogP contribution in [0, 0.1) is 10.1 Å². The van der Waals surface area contributed by atoms with E-state index in [2.05, 4.69) is 15.9 Å². The Kier molecular flexibility index (Phi) is 5.56. The number of hydrogen-bond acceptors (Lipinski definition) is 5. The van der Waals surface area contributed by atoms with Gasteiger partial charge in [-0.1, -0.05) is 34.1 Å². The Balaban J connectivity index is 1.60. The predicted octanol–water partition coefficient (Wildman–Crippen LogP) is 5.38. The van der Waals surface area contributed by atoms with Gasteiger partial charge >= 0.3 is 0 Å². The van der Waals surface area contributed by atoms with E-state index < -0.39 is 4.92 Å². The van der Waals surface area contributed by atoms with Crippen LogP contribution in [0.4, 0.5) is 10.5 Å². The molecule has 0 aliphatic carbocycles. The maximum atomic E-state index is 12.8. The molecule has 1 aromatic heterocycles. The maximum Gasteiger partial charge on any atom is 0.293 e. The molecule has 150 valence electrons. The van der Waals surface area contributed by atoms with Gasteiger partial charge in [-0.25, -0.2) is 0 Å². The van der Waals surface area contributed by atoms with Crippen LogP contribution in [-0.4, -0.2) is 25.5 Å². The van der Waals surface area contributed by atoms with Crippen LogP contribution >= 0.6 is 27.7 Å². The molecule has 0 saturated carbocycles. The standard InChI is InChI=1S/C21H14BrN3O4S/c22-15-8-6-14(7-9-15)13-24-20(26)19(30-21(24)27)12-17-5-2-10-23(17)16-3-1-4-18(11-16)25(28)29/h1-12H,13H2. The summed E-state index contributed by atoms with van der Waals surface area (Å²) in [6.45, 7) is 0.196. The molecular weight excluding hydrogens is 470 g/mol. The zero-order chi connectivity index (χ0) is 21.3. The van der Waals surface area contributed by atoms with E-state index in [0.717, 1.165) is 21.8 Å². The monoisotopic (exact) mass is 483 g/mol. The summed E-state index contributed by atoms with van der Waals surface area (Å²) < 4.78 is 2.65. The number of nitro groups is 1. The highest BCUT2D eigenvalue weighted by Gasteiger charge is 2.35. The minimum absolute atomic E-state index is 0.0260. The first-order chi connectivity index (χ1) is 14.4. The van der Waals surface area contributed by atoms with E-state index >= 15 is 0 Å². The second-order valence-electron chi connectivity index (χ2n) is 6.47. The Morgan fingerprint density at radius 2 is 1.83 bits per heavy atom. The molecule has 9 heteroatoms. The molecule has 0 radical (unpaired) electrons. The number of rotatable bonds is 5. The van der Waals surface area contributed by atoms with Gasteiger partial charge in [-0.05, 0) is 53.7 Å². The third-order valence-corrected chi connectivity index (χ3v) is 5.94. The lowest BCUT2D eigenvalue weighted by Gasteiger charge is -2.12. The van der Waals surface area contributed by atoms with Crippen molar-refractivity contribution >= 4 is 50.6 Å². The Labute approximate surface area is 184 Å². The molecule has 0 atom stereocenters. The lowest BCUT2D eigenvalue weighted by molar-refractivity contribution is -0.384. The number of benzene rings is 2. The third-order valence-electron chi connectivity index (χ3n) is 4.51. The minimum Gasteiger partial charge on any atom is -0.317 e. The van der Waals surface area contributed by atoms with Crippen molar-refractivity contribution in [1.29, 1.82) is 0 Å². The molecule has 0 N–H and O–H groups in total. The number of imide groups is 1. The SMILES string of the molecule is O=C1SC(=Cc2cccn2-c2cccc([N+](=O)[O-])c2)C(=O)N1Cc1ccc(Br)cc1. The van der Waals surface area contributed by atoms with E-state index in [4.69, 9.17) is 0 Å². The molecule has 4 rings (SSSR count). The lowest BCUT2D eigenvalue weighted by atomic mass is 10.2. The number of nitro benzene ring substituents is 1. The van der Waals surface area contributed by atoms with E-state index in [1.54, 1.807) is 41.1 Å². The van der Waals surface area contributed by atoms with Gasteiger partial charge in [0.05, 0.1) is 22.1 Å². The van der Waals surface area contributed by atoms with Crippen molar-refractivity contribution in [2.45, 2.75) is 6.54 Å². The molecule has 7 nitrogen and oxygen atoms in total.